The maximum absolute atomic E-state index is 14.1. The van der Waals surface area contributed by atoms with Gasteiger partial charge in [-0.2, -0.15) is 0 Å². The van der Waals surface area contributed by atoms with Crippen molar-refractivity contribution >= 4 is 56.3 Å². The smallest absolute Gasteiger partial charge is 0.246 e. The number of benzene rings is 4. The minimum atomic E-state index is -0.879. The molecular formula is C55H65N5O8S2. The molecule has 3 heterocycles. The van der Waals surface area contributed by atoms with E-state index >= 15 is 0 Å². The molecule has 0 spiro atoms. The van der Waals surface area contributed by atoms with E-state index in [0.29, 0.717) is 29.9 Å². The molecule has 5 N–H and O–H groups in total. The molecule has 70 heavy (non-hydrogen) atoms. The van der Waals surface area contributed by atoms with Gasteiger partial charge in [0.2, 0.25) is 17.7 Å². The minimum absolute atomic E-state index is 0.0145. The molecule has 3 amide bonds. The average molecular weight is 988 g/mol. The van der Waals surface area contributed by atoms with Gasteiger partial charge in [-0.1, -0.05) is 64.8 Å². The van der Waals surface area contributed by atoms with Crippen LogP contribution in [0, 0.1) is 12.3 Å². The molecule has 1 fully saturated rings. The molecule has 0 saturated carbocycles. The summed E-state index contributed by atoms with van der Waals surface area (Å²) in [5.74, 6) is -0.157. The Morgan fingerprint density at radius 2 is 1.53 bits per heavy atom. The lowest BCUT2D eigenvalue weighted by molar-refractivity contribution is -0.144. The van der Waals surface area contributed by atoms with Crippen LogP contribution in [0.1, 0.15) is 106 Å². The van der Waals surface area contributed by atoms with Crippen LogP contribution in [0.2, 0.25) is 0 Å². The highest BCUT2D eigenvalue weighted by Crippen LogP contribution is 2.42. The predicted molar refractivity (Wildman–Crippen MR) is 278 cm³/mol. The number of ketones is 1. The van der Waals surface area contributed by atoms with Gasteiger partial charge in [-0.25, -0.2) is 4.98 Å². The van der Waals surface area contributed by atoms with Crippen LogP contribution in [0.25, 0.3) is 31.0 Å². The van der Waals surface area contributed by atoms with Crippen LogP contribution in [-0.2, 0) is 14.4 Å². The Morgan fingerprint density at radius 1 is 0.857 bits per heavy atom. The van der Waals surface area contributed by atoms with E-state index in [1.807, 2.05) is 64.4 Å². The number of likely N-dealkylation sites (tertiary alicyclic amines) is 1. The number of aromatic hydroxyl groups is 2. The first-order valence-electron chi connectivity index (χ1n) is 24.1. The Kier molecular flexibility index (Phi) is 17.1. The van der Waals surface area contributed by atoms with Crippen molar-refractivity contribution in [2.24, 2.45) is 5.41 Å². The Balaban J connectivity index is 0.830. The molecule has 2 aromatic heterocycles. The first-order valence-corrected chi connectivity index (χ1v) is 25.8. The normalized spacial score (nSPS) is 15.8. The van der Waals surface area contributed by atoms with Crippen molar-refractivity contribution in [1.82, 2.24) is 25.4 Å². The second kappa shape index (κ2) is 23.2. The van der Waals surface area contributed by atoms with Gasteiger partial charge < -0.3 is 40.5 Å². The van der Waals surface area contributed by atoms with Crippen LogP contribution in [0.4, 0.5) is 0 Å². The number of rotatable bonds is 21. The van der Waals surface area contributed by atoms with Crippen molar-refractivity contribution in [2.45, 2.75) is 104 Å². The van der Waals surface area contributed by atoms with Gasteiger partial charge in [0.15, 0.2) is 5.78 Å². The van der Waals surface area contributed by atoms with E-state index in [0.717, 1.165) is 81.1 Å². The molecule has 370 valence electrons. The van der Waals surface area contributed by atoms with Gasteiger partial charge in [0.1, 0.15) is 35.9 Å². The van der Waals surface area contributed by atoms with E-state index < -0.39 is 23.6 Å². The van der Waals surface area contributed by atoms with Crippen LogP contribution in [-0.4, -0.2) is 105 Å². The van der Waals surface area contributed by atoms with Gasteiger partial charge in [-0.05, 0) is 129 Å². The number of β-amino-alcohol motifs (C(OH)–C–C–N with tert-alkyl or cyclic N) is 1. The number of ether oxygens (including phenoxy) is 1. The number of likely N-dealkylation sites (N-methyl/N-ethyl adjacent to an activating group) is 1. The highest BCUT2D eigenvalue weighted by atomic mass is 32.1. The molecule has 0 radical (unpaired) electrons. The number of carbonyl (C=O) groups excluding carboxylic acids is 4. The first-order chi connectivity index (χ1) is 33.5. The van der Waals surface area contributed by atoms with E-state index in [-0.39, 0.29) is 60.4 Å². The SMILES string of the molecule is CCN(CCCCCCC(=O)N[C@H](C(=O)N1C[C@@H](O)C[C@H]1C(=O)N[C@@H](C)c1ccc(-c2scnc2C)cc1)C(C)(C)C)CCOc1ccc(C(=O)c2c(-c3ccc(O)cc3)sc3cc(O)ccc23)cc1. The fourth-order valence-electron chi connectivity index (χ4n) is 8.92. The number of thiazole rings is 1. The quantitative estimate of drug-likeness (QED) is 0.0344. The Bertz CT molecular complexity index is 2750. The second-order valence-corrected chi connectivity index (χ2v) is 21.1. The number of aryl methyl sites for hydroxylation is 1. The molecule has 0 aliphatic carbocycles. The van der Waals surface area contributed by atoms with E-state index in [9.17, 15) is 34.5 Å². The van der Waals surface area contributed by atoms with E-state index in [1.165, 1.54) is 16.2 Å². The monoisotopic (exact) mass is 987 g/mol. The lowest BCUT2D eigenvalue weighted by atomic mass is 9.85. The van der Waals surface area contributed by atoms with Crippen LogP contribution < -0.4 is 15.4 Å². The third kappa shape index (κ3) is 12.8. The number of hydrogen-bond donors (Lipinski definition) is 5. The van der Waals surface area contributed by atoms with Crippen LogP contribution in [0.15, 0.2) is 96.5 Å². The van der Waals surface area contributed by atoms with Crippen molar-refractivity contribution in [3.63, 3.8) is 0 Å². The number of carbonyl (C=O) groups is 4. The Hall–Kier alpha value is -6.13. The molecule has 6 aromatic rings. The number of unbranched alkanes of at least 4 members (excludes halogenated alkanes) is 3. The molecule has 13 nitrogen and oxygen atoms in total. The Labute approximate surface area is 418 Å². The van der Waals surface area contributed by atoms with Crippen molar-refractivity contribution in [2.75, 3.05) is 32.8 Å². The highest BCUT2D eigenvalue weighted by molar-refractivity contribution is 7.22. The predicted octanol–water partition coefficient (Wildman–Crippen LogP) is 9.66. The van der Waals surface area contributed by atoms with E-state index in [4.69, 9.17) is 4.74 Å². The third-order valence-electron chi connectivity index (χ3n) is 13.0. The van der Waals surface area contributed by atoms with Gasteiger partial charge in [-0.3, -0.25) is 19.2 Å². The number of hydrogen-bond acceptors (Lipinski definition) is 12. The number of phenols is 2. The van der Waals surface area contributed by atoms with Crippen molar-refractivity contribution in [3.05, 3.63) is 119 Å². The maximum atomic E-state index is 14.1. The number of aliphatic hydroxyl groups excluding tert-OH is 1. The van der Waals surface area contributed by atoms with Gasteiger partial charge in [0, 0.05) is 52.0 Å². The van der Waals surface area contributed by atoms with Crippen molar-refractivity contribution in [3.8, 4) is 38.1 Å². The summed E-state index contributed by atoms with van der Waals surface area (Å²) in [6.45, 7) is 14.6. The van der Waals surface area contributed by atoms with Crippen molar-refractivity contribution < 1.29 is 39.2 Å². The van der Waals surface area contributed by atoms with Gasteiger partial charge >= 0.3 is 0 Å². The highest BCUT2D eigenvalue weighted by Gasteiger charge is 2.44. The fourth-order valence-corrected chi connectivity index (χ4v) is 11.0. The third-order valence-corrected chi connectivity index (χ3v) is 15.1. The number of aromatic nitrogens is 1. The summed E-state index contributed by atoms with van der Waals surface area (Å²) < 4.78 is 6.88. The van der Waals surface area contributed by atoms with E-state index in [2.05, 4.69) is 27.4 Å². The van der Waals surface area contributed by atoms with Crippen molar-refractivity contribution in [1.29, 1.82) is 0 Å². The fraction of sp³-hybridized carbons (Fsp3) is 0.400. The first kappa shape index (κ1) is 51.7. The molecular weight excluding hydrogens is 923 g/mol. The lowest BCUT2D eigenvalue weighted by Crippen LogP contribution is -2.57. The standard InChI is InChI=1S/C55H65N5O8S2/c1-7-59(28-29-68-43-24-19-37(20-25-43)49(65)48-44-26-23-41(62)31-46(44)70-51(48)39-17-21-40(61)22-18-39)27-11-9-8-10-12-47(64)58-52(55(4,5)6)54(67)60-32-42(63)30-45(60)53(66)57-34(2)36-13-15-38(16-14-36)50-35(3)56-33-69-50/h13-26,31,33-34,42,45,52,61-63H,7-12,27-30,32H2,1-6H3,(H,57,66)(H,58,64)/t34-,42-,45-,52+/m0/s1. The summed E-state index contributed by atoms with van der Waals surface area (Å²) in [4.78, 5) is 65.1. The second-order valence-electron chi connectivity index (χ2n) is 19.2. The summed E-state index contributed by atoms with van der Waals surface area (Å²) in [5, 5.41) is 37.4. The van der Waals surface area contributed by atoms with Crippen LogP contribution in [0.3, 0.4) is 0 Å². The molecule has 4 atom stereocenters. The zero-order valence-corrected chi connectivity index (χ0v) is 42.5. The topological polar surface area (TPSA) is 182 Å². The van der Waals surface area contributed by atoms with Gasteiger partial charge in [-0.15, -0.1) is 22.7 Å². The molecule has 1 saturated heterocycles. The van der Waals surface area contributed by atoms with E-state index in [1.54, 1.807) is 78.1 Å². The molecule has 1 aliphatic rings. The number of nitrogens with one attached hydrogen (secondary N) is 2. The molecule has 1 aliphatic heterocycles. The molecule has 0 bridgehead atoms. The summed E-state index contributed by atoms with van der Waals surface area (Å²) in [6, 6.07) is 24.8. The molecule has 4 aromatic carbocycles. The van der Waals surface area contributed by atoms with Gasteiger partial charge in [0.25, 0.3) is 0 Å². The average Bonchev–Trinajstić information content (AvgIpc) is 4.07. The van der Waals surface area contributed by atoms with Gasteiger partial charge in [0.05, 0.1) is 28.2 Å². The largest absolute Gasteiger partial charge is 0.508 e. The zero-order valence-electron chi connectivity index (χ0n) is 40.9. The summed E-state index contributed by atoms with van der Waals surface area (Å²) in [5.41, 5.74) is 5.98. The number of aliphatic hydroxyl groups is 1. The summed E-state index contributed by atoms with van der Waals surface area (Å²) in [7, 11) is 0. The van der Waals surface area contributed by atoms with Crippen LogP contribution in [0.5, 0.6) is 17.2 Å². The lowest BCUT2D eigenvalue weighted by Gasteiger charge is -2.35. The Morgan fingerprint density at radius 3 is 2.20 bits per heavy atom. The minimum Gasteiger partial charge on any atom is -0.508 e. The van der Waals surface area contributed by atoms with Crippen LogP contribution >= 0.6 is 22.7 Å². The number of thiophene rings is 1. The molecule has 0 unspecified atom stereocenters. The number of amides is 3. The summed E-state index contributed by atoms with van der Waals surface area (Å²) in [6.07, 6.45) is 2.95. The number of fused-ring (bicyclic) bond motifs is 1. The number of phenolic OH excluding ortho intramolecular Hbond substituents is 2. The molecule has 15 heteroatoms. The molecule has 7 rings (SSSR count). The zero-order chi connectivity index (χ0) is 50.1. The summed E-state index contributed by atoms with van der Waals surface area (Å²) >= 11 is 3.00. The maximum Gasteiger partial charge on any atom is 0.246 e. The number of nitrogens with zero attached hydrogens (tertiary/aromatic N) is 3.